The molecule has 0 aliphatic rings. The number of benzene rings is 3. The Morgan fingerprint density at radius 2 is 1.70 bits per heavy atom. The third-order valence-electron chi connectivity index (χ3n) is 4.46. The number of sulfonamides is 1. The number of ether oxygens (including phenoxy) is 1. The zero-order chi connectivity index (χ0) is 24.0. The molecule has 3 aromatic carbocycles. The van der Waals surface area contributed by atoms with Crippen molar-refractivity contribution < 1.29 is 22.7 Å². The van der Waals surface area contributed by atoms with Crippen molar-refractivity contribution in [3.05, 3.63) is 88.4 Å². The minimum atomic E-state index is -4.06. The van der Waals surface area contributed by atoms with Crippen molar-refractivity contribution in [2.24, 2.45) is 0 Å². The van der Waals surface area contributed by atoms with Gasteiger partial charge in [-0.2, -0.15) is 0 Å². The number of carbonyl (C=O) groups is 2. The number of hydrogen-bond donors (Lipinski definition) is 1. The topological polar surface area (TPSA) is 92.8 Å². The highest BCUT2D eigenvalue weighted by Gasteiger charge is 2.27. The van der Waals surface area contributed by atoms with Crippen LogP contribution in [0.25, 0.3) is 0 Å². The largest absolute Gasteiger partial charge is 0.462 e. The lowest BCUT2D eigenvalue weighted by Crippen LogP contribution is -2.38. The number of nitrogens with one attached hydrogen (secondary N) is 1. The van der Waals surface area contributed by atoms with Crippen LogP contribution < -0.4 is 9.62 Å². The minimum absolute atomic E-state index is 0.0274. The second-order valence-electron chi connectivity index (χ2n) is 6.77. The van der Waals surface area contributed by atoms with Gasteiger partial charge in [0.2, 0.25) is 5.91 Å². The van der Waals surface area contributed by atoms with Gasteiger partial charge in [0.15, 0.2) is 0 Å². The van der Waals surface area contributed by atoms with E-state index < -0.39 is 28.4 Å². The Balaban J connectivity index is 1.87. The number of anilines is 2. The molecule has 0 saturated heterocycles. The van der Waals surface area contributed by atoms with Crippen LogP contribution in [0.2, 0.25) is 10.0 Å². The van der Waals surface area contributed by atoms with E-state index >= 15 is 0 Å². The van der Waals surface area contributed by atoms with Crippen molar-refractivity contribution in [2.45, 2.75) is 11.8 Å². The van der Waals surface area contributed by atoms with Crippen LogP contribution >= 0.6 is 23.2 Å². The number of carbonyl (C=O) groups excluding carboxylic acids is 2. The number of nitrogens with zero attached hydrogens (tertiary/aromatic N) is 1. The SMILES string of the molecule is CCOC(=O)c1ccc(NC(=O)CN(c2cccc(Cl)c2)S(=O)(=O)c2ccccc2)cc1Cl. The van der Waals surface area contributed by atoms with Crippen LogP contribution in [0.15, 0.2) is 77.7 Å². The Bertz CT molecular complexity index is 1270. The van der Waals surface area contributed by atoms with Gasteiger partial charge in [0.05, 0.1) is 27.8 Å². The van der Waals surface area contributed by atoms with Crippen LogP contribution in [0.4, 0.5) is 11.4 Å². The summed E-state index contributed by atoms with van der Waals surface area (Å²) in [4.78, 5) is 24.7. The van der Waals surface area contributed by atoms with E-state index in [9.17, 15) is 18.0 Å². The van der Waals surface area contributed by atoms with Gasteiger partial charge in [-0.15, -0.1) is 0 Å². The van der Waals surface area contributed by atoms with Gasteiger partial charge in [-0.3, -0.25) is 9.10 Å². The molecule has 0 radical (unpaired) electrons. The zero-order valence-electron chi connectivity index (χ0n) is 17.5. The van der Waals surface area contributed by atoms with Crippen LogP contribution in [0.5, 0.6) is 0 Å². The van der Waals surface area contributed by atoms with Gasteiger partial charge >= 0.3 is 5.97 Å². The highest BCUT2D eigenvalue weighted by atomic mass is 35.5. The van der Waals surface area contributed by atoms with Gasteiger partial charge in [-0.05, 0) is 55.5 Å². The molecule has 0 spiro atoms. The first-order valence-corrected chi connectivity index (χ1v) is 12.0. The van der Waals surface area contributed by atoms with E-state index in [0.29, 0.717) is 10.7 Å². The van der Waals surface area contributed by atoms with Gasteiger partial charge in [0, 0.05) is 10.7 Å². The molecule has 3 rings (SSSR count). The summed E-state index contributed by atoms with van der Waals surface area (Å²) < 4.78 is 32.5. The lowest BCUT2D eigenvalue weighted by molar-refractivity contribution is -0.114. The fourth-order valence-electron chi connectivity index (χ4n) is 2.96. The summed E-state index contributed by atoms with van der Waals surface area (Å²) in [5.74, 6) is -1.20. The summed E-state index contributed by atoms with van der Waals surface area (Å²) in [7, 11) is -4.06. The van der Waals surface area contributed by atoms with Crippen LogP contribution in [-0.4, -0.2) is 33.4 Å². The third kappa shape index (κ3) is 6.04. The van der Waals surface area contributed by atoms with Crippen LogP contribution in [0, 0.1) is 0 Å². The molecule has 0 heterocycles. The second kappa shape index (κ2) is 10.7. The molecule has 0 saturated carbocycles. The smallest absolute Gasteiger partial charge is 0.339 e. The number of hydrogen-bond acceptors (Lipinski definition) is 5. The Morgan fingerprint density at radius 1 is 0.970 bits per heavy atom. The summed E-state index contributed by atoms with van der Waals surface area (Å²) >= 11 is 12.2. The molecular formula is C23H20Cl2N2O5S. The molecule has 0 aromatic heterocycles. The number of halogens is 2. The maximum absolute atomic E-state index is 13.3. The van der Waals surface area contributed by atoms with Crippen molar-refractivity contribution in [2.75, 3.05) is 22.8 Å². The van der Waals surface area contributed by atoms with Gasteiger partial charge in [-0.25, -0.2) is 13.2 Å². The van der Waals surface area contributed by atoms with E-state index in [1.807, 2.05) is 0 Å². The quantitative estimate of drug-likeness (QED) is 0.433. The lowest BCUT2D eigenvalue weighted by Gasteiger charge is -2.24. The average molecular weight is 507 g/mol. The van der Waals surface area contributed by atoms with E-state index in [0.717, 1.165) is 4.31 Å². The minimum Gasteiger partial charge on any atom is -0.462 e. The van der Waals surface area contributed by atoms with Crippen molar-refractivity contribution in [3.63, 3.8) is 0 Å². The Kier molecular flexibility index (Phi) is 7.97. The number of esters is 1. The van der Waals surface area contributed by atoms with Gasteiger partial charge in [-0.1, -0.05) is 47.5 Å². The Hall–Kier alpha value is -3.07. The third-order valence-corrected chi connectivity index (χ3v) is 6.80. The number of rotatable bonds is 8. The fourth-order valence-corrected chi connectivity index (χ4v) is 4.84. The molecule has 3 aromatic rings. The fraction of sp³-hybridized carbons (Fsp3) is 0.130. The highest BCUT2D eigenvalue weighted by Crippen LogP contribution is 2.27. The van der Waals surface area contributed by atoms with E-state index in [1.54, 1.807) is 43.3 Å². The molecule has 172 valence electrons. The molecule has 1 N–H and O–H groups in total. The molecule has 1 amide bonds. The van der Waals surface area contributed by atoms with E-state index in [1.165, 1.54) is 36.4 Å². The first-order chi connectivity index (χ1) is 15.7. The van der Waals surface area contributed by atoms with E-state index in [4.69, 9.17) is 27.9 Å². The molecular weight excluding hydrogens is 487 g/mol. The van der Waals surface area contributed by atoms with Gasteiger partial charge in [0.1, 0.15) is 6.54 Å². The highest BCUT2D eigenvalue weighted by molar-refractivity contribution is 7.92. The first-order valence-electron chi connectivity index (χ1n) is 9.82. The first kappa shape index (κ1) is 24.6. The number of amides is 1. The van der Waals surface area contributed by atoms with Crippen LogP contribution in [0.1, 0.15) is 17.3 Å². The maximum Gasteiger partial charge on any atom is 0.339 e. The molecule has 0 fully saturated rings. The van der Waals surface area contributed by atoms with E-state index in [-0.39, 0.29) is 27.8 Å². The normalized spacial score (nSPS) is 11.0. The van der Waals surface area contributed by atoms with Crippen molar-refractivity contribution >= 4 is 56.5 Å². The predicted octanol–water partition coefficient (Wildman–Crippen LogP) is 5.00. The standard InChI is InChI=1S/C23H20Cl2N2O5S/c1-2-32-23(29)20-12-11-17(14-21(20)25)26-22(28)15-27(18-8-6-7-16(24)13-18)33(30,31)19-9-4-3-5-10-19/h3-14H,2,15H2,1H3,(H,26,28). The van der Waals surface area contributed by atoms with Crippen molar-refractivity contribution in [3.8, 4) is 0 Å². The summed E-state index contributed by atoms with van der Waals surface area (Å²) in [5, 5.41) is 3.02. The van der Waals surface area contributed by atoms with Gasteiger partial charge < -0.3 is 10.1 Å². The van der Waals surface area contributed by atoms with Crippen LogP contribution in [-0.2, 0) is 19.6 Å². The molecule has 0 atom stereocenters. The summed E-state index contributed by atoms with van der Waals surface area (Å²) in [5.41, 5.74) is 0.683. The Morgan fingerprint density at radius 3 is 2.33 bits per heavy atom. The summed E-state index contributed by atoms with van der Waals surface area (Å²) in [6.07, 6.45) is 0. The molecule has 0 unspecified atom stereocenters. The summed E-state index contributed by atoms with van der Waals surface area (Å²) in [6, 6.07) is 18.3. The van der Waals surface area contributed by atoms with Crippen molar-refractivity contribution in [1.82, 2.24) is 0 Å². The Labute approximate surface area is 201 Å². The van der Waals surface area contributed by atoms with Crippen molar-refractivity contribution in [1.29, 1.82) is 0 Å². The molecule has 0 aliphatic heterocycles. The second-order valence-corrected chi connectivity index (χ2v) is 9.47. The molecule has 10 heteroatoms. The van der Waals surface area contributed by atoms with Gasteiger partial charge in [0.25, 0.3) is 10.0 Å². The molecule has 7 nitrogen and oxygen atoms in total. The molecule has 0 bridgehead atoms. The lowest BCUT2D eigenvalue weighted by atomic mass is 10.2. The van der Waals surface area contributed by atoms with Crippen LogP contribution in [0.3, 0.4) is 0 Å². The molecule has 0 aliphatic carbocycles. The zero-order valence-corrected chi connectivity index (χ0v) is 19.8. The average Bonchev–Trinajstić information content (AvgIpc) is 2.78. The monoisotopic (exact) mass is 506 g/mol. The predicted molar refractivity (Wildman–Crippen MR) is 128 cm³/mol. The molecule has 33 heavy (non-hydrogen) atoms. The van der Waals surface area contributed by atoms with E-state index in [2.05, 4.69) is 5.32 Å². The summed E-state index contributed by atoms with van der Waals surface area (Å²) in [6.45, 7) is 1.35. The maximum atomic E-state index is 13.3.